The van der Waals surface area contributed by atoms with Gasteiger partial charge in [0.1, 0.15) is 0 Å². The monoisotopic (exact) mass is 233 g/mol. The van der Waals surface area contributed by atoms with Gasteiger partial charge < -0.3 is 5.11 Å². The van der Waals surface area contributed by atoms with E-state index >= 15 is 0 Å². The van der Waals surface area contributed by atoms with Gasteiger partial charge >= 0.3 is 5.97 Å². The zero-order valence-electron chi connectivity index (χ0n) is 10.6. The Morgan fingerprint density at radius 1 is 1.35 bits per heavy atom. The van der Waals surface area contributed by atoms with Crippen molar-refractivity contribution in [3.05, 3.63) is 35.9 Å². The molecule has 0 aromatic heterocycles. The van der Waals surface area contributed by atoms with Crippen LogP contribution in [0.25, 0.3) is 0 Å². The maximum atomic E-state index is 11.1. The molecule has 17 heavy (non-hydrogen) atoms. The summed E-state index contributed by atoms with van der Waals surface area (Å²) in [6.45, 7) is 5.99. The van der Waals surface area contributed by atoms with E-state index in [-0.39, 0.29) is 5.41 Å². The van der Waals surface area contributed by atoms with Crippen LogP contribution in [-0.4, -0.2) is 23.3 Å². The predicted octanol–water partition coefficient (Wildman–Crippen LogP) is 2.80. The van der Waals surface area contributed by atoms with Crippen LogP contribution in [0.3, 0.4) is 0 Å². The van der Waals surface area contributed by atoms with Crippen LogP contribution in [0, 0.1) is 5.41 Å². The highest BCUT2D eigenvalue weighted by molar-refractivity contribution is 5.77. The van der Waals surface area contributed by atoms with Crippen molar-refractivity contribution in [1.29, 1.82) is 0 Å². The van der Waals surface area contributed by atoms with Gasteiger partial charge in [-0.25, -0.2) is 4.79 Å². The minimum Gasteiger partial charge on any atom is -0.480 e. The summed E-state index contributed by atoms with van der Waals surface area (Å²) in [7, 11) is 0. The molecular formula is C14H19NO2. The Hall–Kier alpha value is -1.64. The molecule has 1 N–H and O–H groups in total. The van der Waals surface area contributed by atoms with Gasteiger partial charge in [0, 0.05) is 12.6 Å². The van der Waals surface area contributed by atoms with E-state index in [9.17, 15) is 4.79 Å². The largest absolute Gasteiger partial charge is 0.480 e. The smallest absolute Gasteiger partial charge is 0.328 e. The number of hydrogen-bond acceptors (Lipinski definition) is 2. The van der Waals surface area contributed by atoms with E-state index in [2.05, 4.69) is 4.99 Å². The van der Waals surface area contributed by atoms with Gasteiger partial charge in [-0.15, -0.1) is 0 Å². The molecule has 0 saturated carbocycles. The van der Waals surface area contributed by atoms with Crippen molar-refractivity contribution in [3.8, 4) is 0 Å². The third-order valence-electron chi connectivity index (χ3n) is 2.20. The third-order valence-corrected chi connectivity index (χ3v) is 2.20. The van der Waals surface area contributed by atoms with Crippen LogP contribution in [-0.2, 0) is 11.2 Å². The van der Waals surface area contributed by atoms with Crippen LogP contribution in [0.2, 0.25) is 0 Å². The zero-order chi connectivity index (χ0) is 12.9. The minimum atomic E-state index is -0.880. The Balaban J connectivity index is 2.75. The van der Waals surface area contributed by atoms with Gasteiger partial charge in [0.2, 0.25) is 0 Å². The lowest BCUT2D eigenvalue weighted by Gasteiger charge is -2.13. The fourth-order valence-electron chi connectivity index (χ4n) is 1.35. The van der Waals surface area contributed by atoms with Crippen LogP contribution < -0.4 is 0 Å². The van der Waals surface area contributed by atoms with Gasteiger partial charge in [-0.1, -0.05) is 51.1 Å². The number of aliphatic imine (C=N–C) groups is 1. The Morgan fingerprint density at radius 2 is 1.94 bits per heavy atom. The van der Waals surface area contributed by atoms with Crippen molar-refractivity contribution < 1.29 is 9.90 Å². The summed E-state index contributed by atoms with van der Waals surface area (Å²) in [5.41, 5.74) is 0.899. The number of rotatable bonds is 4. The predicted molar refractivity (Wildman–Crippen MR) is 69.5 cm³/mol. The molecular weight excluding hydrogens is 214 g/mol. The van der Waals surface area contributed by atoms with E-state index in [1.165, 1.54) is 0 Å². The van der Waals surface area contributed by atoms with Crippen molar-refractivity contribution >= 4 is 12.2 Å². The number of benzene rings is 1. The SMILES string of the molecule is CC(C)(C)C=N[C@@H](Cc1ccccc1)C(=O)O. The average Bonchev–Trinajstić information content (AvgIpc) is 2.24. The number of carboxylic acid groups (broad SMARTS) is 1. The summed E-state index contributed by atoms with van der Waals surface area (Å²) in [5.74, 6) is -0.880. The Bertz CT molecular complexity index is 390. The van der Waals surface area contributed by atoms with Crippen molar-refractivity contribution in [3.63, 3.8) is 0 Å². The number of carboxylic acids is 1. The van der Waals surface area contributed by atoms with Crippen molar-refractivity contribution in [2.24, 2.45) is 10.4 Å². The molecule has 1 rings (SSSR count). The summed E-state index contributed by atoms with van der Waals surface area (Å²) in [5, 5.41) is 9.12. The van der Waals surface area contributed by atoms with E-state index in [1.807, 2.05) is 51.1 Å². The first-order valence-electron chi connectivity index (χ1n) is 5.69. The van der Waals surface area contributed by atoms with Crippen molar-refractivity contribution in [1.82, 2.24) is 0 Å². The molecule has 0 unspecified atom stereocenters. The van der Waals surface area contributed by atoms with Crippen LogP contribution in [0.5, 0.6) is 0 Å². The standard InChI is InChI=1S/C14H19NO2/c1-14(2,3)10-15-12(13(16)17)9-11-7-5-4-6-8-11/h4-8,10,12H,9H2,1-3H3,(H,16,17)/t12-/m0/s1. The second-order valence-corrected chi connectivity index (χ2v) is 5.19. The van der Waals surface area contributed by atoms with E-state index in [4.69, 9.17) is 5.11 Å². The lowest BCUT2D eigenvalue weighted by atomic mass is 9.98. The molecule has 3 heteroatoms. The van der Waals surface area contributed by atoms with Crippen LogP contribution >= 0.6 is 0 Å². The Kier molecular flexibility index (Phi) is 4.44. The minimum absolute atomic E-state index is 0.0929. The number of aliphatic carboxylic acids is 1. The van der Waals surface area contributed by atoms with E-state index < -0.39 is 12.0 Å². The molecule has 1 aromatic rings. The normalized spacial score (nSPS) is 13.8. The van der Waals surface area contributed by atoms with Crippen LogP contribution in [0.15, 0.2) is 35.3 Å². The maximum absolute atomic E-state index is 11.1. The first-order valence-corrected chi connectivity index (χ1v) is 5.69. The summed E-state index contributed by atoms with van der Waals surface area (Å²) in [4.78, 5) is 15.3. The second-order valence-electron chi connectivity index (χ2n) is 5.19. The lowest BCUT2D eigenvalue weighted by Crippen LogP contribution is -2.22. The van der Waals surface area contributed by atoms with Gasteiger partial charge in [0.25, 0.3) is 0 Å². The quantitative estimate of drug-likeness (QED) is 0.813. The molecule has 0 aliphatic rings. The highest BCUT2D eigenvalue weighted by atomic mass is 16.4. The van der Waals surface area contributed by atoms with Crippen LogP contribution in [0.1, 0.15) is 26.3 Å². The molecule has 1 aromatic carbocycles. The van der Waals surface area contributed by atoms with E-state index in [0.29, 0.717) is 6.42 Å². The van der Waals surface area contributed by atoms with Crippen molar-refractivity contribution in [2.75, 3.05) is 0 Å². The second kappa shape index (κ2) is 5.62. The molecule has 0 heterocycles. The summed E-state index contributed by atoms with van der Waals surface area (Å²) in [6.07, 6.45) is 2.15. The van der Waals surface area contributed by atoms with Crippen LogP contribution in [0.4, 0.5) is 0 Å². The van der Waals surface area contributed by atoms with E-state index in [0.717, 1.165) is 5.56 Å². The maximum Gasteiger partial charge on any atom is 0.328 e. The fourth-order valence-corrected chi connectivity index (χ4v) is 1.35. The number of carbonyl (C=O) groups is 1. The Labute approximate surface area is 102 Å². The molecule has 3 nitrogen and oxygen atoms in total. The van der Waals surface area contributed by atoms with Gasteiger partial charge in [-0.2, -0.15) is 0 Å². The van der Waals surface area contributed by atoms with Gasteiger partial charge in [0.15, 0.2) is 6.04 Å². The van der Waals surface area contributed by atoms with Gasteiger partial charge in [0.05, 0.1) is 0 Å². The molecule has 0 bridgehead atoms. The highest BCUT2D eigenvalue weighted by Gasteiger charge is 2.17. The molecule has 0 radical (unpaired) electrons. The summed E-state index contributed by atoms with van der Waals surface area (Å²) in [6, 6.07) is 8.86. The summed E-state index contributed by atoms with van der Waals surface area (Å²) < 4.78 is 0. The molecule has 92 valence electrons. The van der Waals surface area contributed by atoms with E-state index in [1.54, 1.807) is 6.21 Å². The number of nitrogens with zero attached hydrogens (tertiary/aromatic N) is 1. The molecule has 0 fully saturated rings. The molecule has 0 saturated heterocycles. The topological polar surface area (TPSA) is 49.7 Å². The highest BCUT2D eigenvalue weighted by Crippen LogP contribution is 2.11. The number of hydrogen-bond donors (Lipinski definition) is 1. The lowest BCUT2D eigenvalue weighted by molar-refractivity contribution is -0.138. The molecule has 0 spiro atoms. The molecule has 1 atom stereocenters. The fraction of sp³-hybridized carbons (Fsp3) is 0.429. The first kappa shape index (κ1) is 13.4. The van der Waals surface area contributed by atoms with Crippen molar-refractivity contribution in [2.45, 2.75) is 33.2 Å². The van der Waals surface area contributed by atoms with Gasteiger partial charge in [-0.3, -0.25) is 4.99 Å². The van der Waals surface area contributed by atoms with Gasteiger partial charge in [-0.05, 0) is 11.0 Å². The first-order chi connectivity index (χ1) is 7.88. The molecule has 0 aliphatic heterocycles. The molecule has 0 amide bonds. The zero-order valence-corrected chi connectivity index (χ0v) is 10.6. The third kappa shape index (κ3) is 5.29. The summed E-state index contributed by atoms with van der Waals surface area (Å²) >= 11 is 0. The molecule has 0 aliphatic carbocycles. The Morgan fingerprint density at radius 3 is 2.41 bits per heavy atom. The average molecular weight is 233 g/mol.